The molecular weight excluding hydrogens is 1040 g/mol. The minimum absolute atomic E-state index is 0.0296. The molecule has 80 heavy (non-hydrogen) atoms. The SMILES string of the molecule is CC[C@H]1OC(=O)[C@H](C)[C@@H](O[C@H]2C[C@@](C)(OC)[C@@H](OC(=O)CCNCCCc3cc4c5c(c3)c(=O)c(C(=O)O)cn5C(C)OC4)[C@H](C)O2)[C@H](C)[C@@H](O[C@@H]2O[C@H](C)C[C@H](N(C)C)[C@H]2O)[C@](C)(O)C[C@@H](C)CN(C)[C@H](C)[C@@H]2OC(=O)O[C@]12C. The van der Waals surface area contributed by atoms with Gasteiger partial charge in [-0.2, -0.15) is 0 Å². The van der Waals surface area contributed by atoms with Gasteiger partial charge >= 0.3 is 24.1 Å². The fraction of sp³-hybridized carbons (Fsp3) is 0.776. The second-order valence-electron chi connectivity index (χ2n) is 24.3. The van der Waals surface area contributed by atoms with Crippen molar-refractivity contribution in [2.75, 3.05) is 47.9 Å². The number of aromatic nitrogens is 1. The van der Waals surface area contributed by atoms with Gasteiger partial charge in [-0.1, -0.05) is 26.8 Å². The average Bonchev–Trinajstić information content (AvgIpc) is 3.80. The molecule has 1 aromatic heterocycles. The van der Waals surface area contributed by atoms with Crippen LogP contribution in [-0.2, 0) is 70.0 Å². The number of esters is 2. The van der Waals surface area contributed by atoms with Gasteiger partial charge in [0.05, 0.1) is 54.5 Å². The Morgan fingerprint density at radius 1 is 0.950 bits per heavy atom. The number of carbonyl (C=O) groups excluding carboxylic acids is 3. The first-order chi connectivity index (χ1) is 37.5. The molecular formula is C58H90N4O18. The van der Waals surface area contributed by atoms with Crippen LogP contribution in [0.1, 0.15) is 142 Å². The molecule has 0 saturated carbocycles. The molecule has 22 heteroatoms. The summed E-state index contributed by atoms with van der Waals surface area (Å²) in [6.45, 7) is 21.5. The van der Waals surface area contributed by atoms with Crippen molar-refractivity contribution in [2.45, 2.75) is 224 Å². The zero-order valence-corrected chi connectivity index (χ0v) is 49.6. The lowest BCUT2D eigenvalue weighted by atomic mass is 9.77. The van der Waals surface area contributed by atoms with E-state index in [1.807, 2.05) is 71.6 Å². The number of carbonyl (C=O) groups is 4. The van der Waals surface area contributed by atoms with Crippen molar-refractivity contribution < 1.29 is 81.9 Å². The first kappa shape index (κ1) is 63.3. The van der Waals surface area contributed by atoms with Crippen molar-refractivity contribution in [3.8, 4) is 0 Å². The Labute approximate surface area is 470 Å². The van der Waals surface area contributed by atoms with Gasteiger partial charge in [0.2, 0.25) is 5.43 Å². The summed E-state index contributed by atoms with van der Waals surface area (Å²) in [5.74, 6) is -4.55. The normalized spacial score (nSPS) is 38.4. The summed E-state index contributed by atoms with van der Waals surface area (Å²) in [6, 6.07) is 3.02. The number of cyclic esters (lactones) is 1. The van der Waals surface area contributed by atoms with Gasteiger partial charge in [0.1, 0.15) is 29.6 Å². The molecule has 4 saturated heterocycles. The largest absolute Gasteiger partial charge is 0.509 e. The van der Waals surface area contributed by atoms with Crippen LogP contribution >= 0.6 is 0 Å². The van der Waals surface area contributed by atoms with E-state index in [9.17, 15) is 39.3 Å². The van der Waals surface area contributed by atoms with Gasteiger partial charge in [-0.3, -0.25) is 19.3 Å². The van der Waals surface area contributed by atoms with E-state index in [1.165, 1.54) is 13.3 Å². The Kier molecular flexibility index (Phi) is 20.3. The number of likely N-dealkylation sites (N-methyl/N-ethyl adjacent to an activating group) is 2. The summed E-state index contributed by atoms with van der Waals surface area (Å²) in [6.07, 6.45) is -6.91. The molecule has 6 heterocycles. The van der Waals surface area contributed by atoms with Crippen LogP contribution in [0.5, 0.6) is 0 Å². The van der Waals surface area contributed by atoms with Gasteiger partial charge < -0.3 is 77.5 Å². The number of nitrogens with one attached hydrogen (secondary N) is 1. The molecule has 0 spiro atoms. The highest BCUT2D eigenvalue weighted by molar-refractivity contribution is 5.94. The number of pyridine rings is 1. The molecule has 5 aliphatic heterocycles. The van der Waals surface area contributed by atoms with E-state index in [1.54, 1.807) is 52.2 Å². The summed E-state index contributed by atoms with van der Waals surface area (Å²) in [5.41, 5.74) is -2.65. The van der Waals surface area contributed by atoms with Crippen molar-refractivity contribution in [1.29, 1.82) is 0 Å². The highest BCUT2D eigenvalue weighted by atomic mass is 16.8. The third kappa shape index (κ3) is 13.5. The van der Waals surface area contributed by atoms with Crippen LogP contribution in [0.25, 0.3) is 10.9 Å². The van der Waals surface area contributed by atoms with Crippen LogP contribution in [-0.4, -0.2) is 192 Å². The summed E-state index contributed by atoms with van der Waals surface area (Å²) < 4.78 is 64.7. The van der Waals surface area contributed by atoms with E-state index in [0.29, 0.717) is 56.4 Å². The topological polar surface area (TPSA) is 262 Å². The van der Waals surface area contributed by atoms with Crippen molar-refractivity contribution in [2.24, 2.45) is 17.8 Å². The molecule has 7 rings (SSSR count). The summed E-state index contributed by atoms with van der Waals surface area (Å²) >= 11 is 0. The van der Waals surface area contributed by atoms with E-state index < -0.39 is 126 Å². The monoisotopic (exact) mass is 1130 g/mol. The molecule has 19 atom stereocenters. The number of hydrogen-bond donors (Lipinski definition) is 4. The van der Waals surface area contributed by atoms with Gasteiger partial charge in [0, 0.05) is 61.8 Å². The number of nitrogens with zero attached hydrogens (tertiary/aromatic N) is 3. The number of methoxy groups -OCH3 is 1. The van der Waals surface area contributed by atoms with E-state index in [2.05, 4.69) is 5.32 Å². The molecule has 5 aliphatic rings. The highest BCUT2D eigenvalue weighted by Gasteiger charge is 2.58. The van der Waals surface area contributed by atoms with Gasteiger partial charge in [-0.15, -0.1) is 0 Å². The van der Waals surface area contributed by atoms with Crippen LogP contribution in [0.3, 0.4) is 0 Å². The maximum atomic E-state index is 14.8. The lowest BCUT2D eigenvalue weighted by Crippen LogP contribution is -2.61. The molecule has 1 unspecified atom stereocenters. The molecule has 2 aromatic rings. The number of rotatable bonds is 16. The van der Waals surface area contributed by atoms with E-state index >= 15 is 0 Å². The number of fused-ring (bicyclic) bond motifs is 1. The van der Waals surface area contributed by atoms with E-state index in [-0.39, 0.29) is 49.3 Å². The van der Waals surface area contributed by atoms with Crippen molar-refractivity contribution in [3.63, 3.8) is 0 Å². The van der Waals surface area contributed by atoms with E-state index in [4.69, 9.17) is 47.4 Å². The zero-order valence-electron chi connectivity index (χ0n) is 49.6. The number of ether oxygens (including phenoxy) is 10. The number of aryl methyl sites for hydroxylation is 1. The van der Waals surface area contributed by atoms with Gasteiger partial charge in [0.15, 0.2) is 30.4 Å². The minimum Gasteiger partial charge on any atom is -0.477 e. The number of carboxylic acid groups (broad SMARTS) is 1. The second-order valence-corrected chi connectivity index (χ2v) is 24.3. The van der Waals surface area contributed by atoms with E-state index in [0.717, 1.165) is 11.1 Å². The predicted molar refractivity (Wildman–Crippen MR) is 292 cm³/mol. The molecule has 1 aromatic carbocycles. The van der Waals surface area contributed by atoms with Gasteiger partial charge in [-0.25, -0.2) is 9.59 Å². The maximum absolute atomic E-state index is 14.8. The standard InChI is InChI=1S/C58H90N4O18/c1-16-42-58(11)50(79-55(69)80-58)34(6)61(14)27-30(2)25-56(9,70)49(78-54-47(65)41(60(12)13)22-31(3)73-54)32(4)48(33(5)53(68)75-42)77-44-26-57(10,71-15)51(35(7)74-44)76-43(63)19-21-59-20-17-18-37-23-38-29-72-36(8)62-28-40(52(66)67)46(64)39(24-37)45(38)62/h23-24,28,30-36,41-42,44,47-51,54,59,65,70H,16-22,25-27,29H2,1-15H3,(H,66,67)/t30-,31-,32+,33-,34-,35+,36?,41+,42-,44+,47-,48+,49-,50+,51+,54+,56-,57-,58-/m1/s1. The van der Waals surface area contributed by atoms with Crippen LogP contribution < -0.4 is 10.7 Å². The Hall–Kier alpha value is -4.33. The molecule has 0 bridgehead atoms. The predicted octanol–water partition coefficient (Wildman–Crippen LogP) is 5.31. The fourth-order valence-corrected chi connectivity index (χ4v) is 13.1. The fourth-order valence-electron chi connectivity index (χ4n) is 13.1. The third-order valence-electron chi connectivity index (χ3n) is 17.6. The number of carboxylic acids is 1. The third-order valence-corrected chi connectivity index (χ3v) is 17.6. The zero-order chi connectivity index (χ0) is 58.9. The van der Waals surface area contributed by atoms with Crippen LogP contribution in [0.2, 0.25) is 0 Å². The molecule has 450 valence electrons. The smallest absolute Gasteiger partial charge is 0.477 e. The first-order valence-corrected chi connectivity index (χ1v) is 28.5. The van der Waals surface area contributed by atoms with Crippen molar-refractivity contribution >= 4 is 35.0 Å². The molecule has 4 fully saturated rings. The lowest BCUT2D eigenvalue weighted by molar-refractivity contribution is -0.318. The number of aliphatic hydroxyl groups excluding tert-OH is 1. The first-order valence-electron chi connectivity index (χ1n) is 28.5. The molecule has 0 radical (unpaired) electrons. The summed E-state index contributed by atoms with van der Waals surface area (Å²) in [7, 11) is 7.17. The van der Waals surface area contributed by atoms with Crippen molar-refractivity contribution in [3.05, 3.63) is 45.2 Å². The Morgan fingerprint density at radius 3 is 2.33 bits per heavy atom. The number of hydrogen-bond acceptors (Lipinski definition) is 20. The van der Waals surface area contributed by atoms with Gasteiger partial charge in [0.25, 0.3) is 0 Å². The van der Waals surface area contributed by atoms with Crippen LogP contribution in [0.4, 0.5) is 4.79 Å². The molecule has 4 N–H and O–H groups in total. The summed E-state index contributed by atoms with van der Waals surface area (Å²) in [5, 5.41) is 38.0. The Balaban J connectivity index is 1.07. The maximum Gasteiger partial charge on any atom is 0.509 e. The van der Waals surface area contributed by atoms with Crippen LogP contribution in [0, 0.1) is 17.8 Å². The number of benzene rings is 1. The van der Waals surface area contributed by atoms with Gasteiger partial charge in [-0.05, 0) is 133 Å². The minimum atomic E-state index is -1.63. The molecule has 0 amide bonds. The molecule has 0 aliphatic carbocycles. The Morgan fingerprint density at radius 2 is 1.66 bits per heavy atom. The lowest BCUT2D eigenvalue weighted by Gasteiger charge is -2.49. The highest BCUT2D eigenvalue weighted by Crippen LogP contribution is 2.43. The summed E-state index contributed by atoms with van der Waals surface area (Å²) in [4.78, 5) is 70.5. The van der Waals surface area contributed by atoms with Crippen LogP contribution in [0.15, 0.2) is 23.1 Å². The average molecular weight is 1130 g/mol. The number of aliphatic hydroxyl groups is 2. The Bertz CT molecular complexity index is 2580. The number of aromatic carboxylic acids is 1. The quantitative estimate of drug-likeness (QED) is 0.0943. The molecule has 22 nitrogen and oxygen atoms in total. The van der Waals surface area contributed by atoms with Crippen molar-refractivity contribution in [1.82, 2.24) is 19.7 Å². The second kappa shape index (κ2) is 25.7.